The minimum atomic E-state index is -3.32. The topological polar surface area (TPSA) is 147 Å². The number of halogens is 2. The lowest BCUT2D eigenvalue weighted by Gasteiger charge is -2.31. The lowest BCUT2D eigenvalue weighted by Crippen LogP contribution is -2.42. The third kappa shape index (κ3) is 7.28. The van der Waals surface area contributed by atoms with Crippen LogP contribution in [-0.2, 0) is 32.5 Å². The molecule has 0 saturated carbocycles. The van der Waals surface area contributed by atoms with Gasteiger partial charge in [0.05, 0.1) is 28.4 Å². The second-order valence-corrected chi connectivity index (χ2v) is 14.9. The lowest BCUT2D eigenvalue weighted by molar-refractivity contribution is -0.107. The van der Waals surface area contributed by atoms with E-state index >= 15 is 8.78 Å². The highest BCUT2D eigenvalue weighted by Crippen LogP contribution is 2.38. The molecule has 1 atom stereocenters. The van der Waals surface area contributed by atoms with Gasteiger partial charge in [-0.1, -0.05) is 24.6 Å². The van der Waals surface area contributed by atoms with Crippen molar-refractivity contribution in [2.24, 2.45) is 5.92 Å². The molecule has 2 N–H and O–H groups in total. The Morgan fingerprint density at radius 1 is 1.20 bits per heavy atom. The van der Waals surface area contributed by atoms with Gasteiger partial charge < -0.3 is 15.4 Å². The second-order valence-electron chi connectivity index (χ2n) is 12.6. The summed E-state index contributed by atoms with van der Waals surface area (Å²) in [6.45, 7) is 3.66. The Bertz CT molecular complexity index is 1770. The van der Waals surface area contributed by atoms with Gasteiger partial charge >= 0.3 is 0 Å². The molecule has 2 aliphatic rings. The molecule has 2 fully saturated rings. The summed E-state index contributed by atoms with van der Waals surface area (Å²) in [7, 11) is -3.32. The monoisotopic (exact) mass is 654 g/mol. The first-order valence-corrected chi connectivity index (χ1v) is 17.7. The zero-order valence-corrected chi connectivity index (χ0v) is 26.8. The van der Waals surface area contributed by atoms with Gasteiger partial charge in [-0.25, -0.2) is 27.2 Å². The predicted octanol–water partition coefficient (Wildman–Crippen LogP) is 4.79. The van der Waals surface area contributed by atoms with Crippen molar-refractivity contribution < 1.29 is 22.0 Å². The molecule has 46 heavy (non-hydrogen) atoms. The highest BCUT2D eigenvalue weighted by atomic mass is 32.2. The Balaban J connectivity index is 1.50. The number of hydrogen-bond acceptors (Lipinski definition) is 9. The Kier molecular flexibility index (Phi) is 10.2. The van der Waals surface area contributed by atoms with E-state index in [1.165, 1.54) is 23.0 Å². The van der Waals surface area contributed by atoms with E-state index in [1.807, 2.05) is 6.92 Å². The average Bonchev–Trinajstić information content (AvgIpc) is 3.01. The van der Waals surface area contributed by atoms with Gasteiger partial charge in [-0.15, -0.1) is 0 Å². The van der Waals surface area contributed by atoms with Crippen molar-refractivity contribution in [3.63, 3.8) is 0 Å². The number of aldehydes is 1. The van der Waals surface area contributed by atoms with Crippen molar-refractivity contribution in [1.82, 2.24) is 19.9 Å². The summed E-state index contributed by atoms with van der Waals surface area (Å²) < 4.78 is 56.4. The zero-order valence-electron chi connectivity index (χ0n) is 26.0. The van der Waals surface area contributed by atoms with Crippen molar-refractivity contribution in [1.29, 1.82) is 5.26 Å². The number of alkyl halides is 2. The number of fused-ring (bicyclic) bond motifs is 1. The van der Waals surface area contributed by atoms with Gasteiger partial charge in [0, 0.05) is 36.6 Å². The number of sulfone groups is 1. The van der Waals surface area contributed by atoms with Crippen LogP contribution in [0.3, 0.4) is 0 Å². The van der Waals surface area contributed by atoms with Gasteiger partial charge in [0.2, 0.25) is 0 Å². The molecule has 3 aromatic rings. The molecule has 5 rings (SSSR count). The highest BCUT2D eigenvalue weighted by molar-refractivity contribution is 7.91. The van der Waals surface area contributed by atoms with E-state index < -0.39 is 32.8 Å². The number of pyridine rings is 1. The molecule has 1 aromatic carbocycles. The van der Waals surface area contributed by atoms with Crippen LogP contribution in [0.15, 0.2) is 41.5 Å². The second kappa shape index (κ2) is 13.9. The molecule has 10 nitrogen and oxygen atoms in total. The molecule has 4 heterocycles. The van der Waals surface area contributed by atoms with Gasteiger partial charge in [0.25, 0.3) is 11.5 Å². The molecule has 2 saturated heterocycles. The van der Waals surface area contributed by atoms with Crippen molar-refractivity contribution in [3.05, 3.63) is 63.7 Å². The number of anilines is 1. The minimum absolute atomic E-state index is 0.00294. The first kappa shape index (κ1) is 33.6. The van der Waals surface area contributed by atoms with Crippen molar-refractivity contribution in [3.8, 4) is 6.07 Å². The summed E-state index contributed by atoms with van der Waals surface area (Å²) in [5.41, 5.74) is -0.593. The SMILES string of the molecule is C[C@@H](Nc1ncnc2c1cc(C1(C#N)CCS(=O)(=O)CC1)c(=O)n2CCCCCC=O)c1cccc(C(F)(F)CCC2CNC2)c1. The molecule has 0 bridgehead atoms. The molecule has 0 amide bonds. The summed E-state index contributed by atoms with van der Waals surface area (Å²) in [4.78, 5) is 33.6. The van der Waals surface area contributed by atoms with Gasteiger partial charge in [0.1, 0.15) is 33.9 Å². The number of nitriles is 1. The van der Waals surface area contributed by atoms with E-state index in [0.717, 1.165) is 19.4 Å². The molecule has 0 radical (unpaired) electrons. The highest BCUT2D eigenvalue weighted by Gasteiger charge is 2.42. The molecule has 0 unspecified atom stereocenters. The number of carbonyl (C=O) groups excluding carboxylic acids is 1. The molecule has 246 valence electrons. The lowest BCUT2D eigenvalue weighted by atomic mass is 9.77. The third-order valence-electron chi connectivity index (χ3n) is 9.39. The fourth-order valence-electron chi connectivity index (χ4n) is 6.26. The number of benzene rings is 1. The van der Waals surface area contributed by atoms with Crippen LogP contribution in [0.2, 0.25) is 0 Å². The first-order chi connectivity index (χ1) is 22.0. The number of hydrogen-bond donors (Lipinski definition) is 2. The van der Waals surface area contributed by atoms with Crippen LogP contribution in [-0.4, -0.2) is 53.8 Å². The van der Waals surface area contributed by atoms with E-state index in [4.69, 9.17) is 0 Å². The van der Waals surface area contributed by atoms with Crippen molar-refractivity contribution in [2.45, 2.75) is 82.2 Å². The number of aromatic nitrogens is 3. The van der Waals surface area contributed by atoms with E-state index in [2.05, 4.69) is 26.7 Å². The van der Waals surface area contributed by atoms with Crippen LogP contribution < -0.4 is 16.2 Å². The Hall–Kier alpha value is -3.76. The quantitative estimate of drug-likeness (QED) is 0.185. The molecule has 2 aliphatic heterocycles. The molecular formula is C33H40F2N6O4S. The van der Waals surface area contributed by atoms with Gasteiger partial charge in [0.15, 0.2) is 0 Å². The number of nitrogens with zero attached hydrogens (tertiary/aromatic N) is 4. The molecule has 0 aliphatic carbocycles. The maximum absolute atomic E-state index is 15.2. The van der Waals surface area contributed by atoms with Gasteiger partial charge in [-0.05, 0) is 75.7 Å². The van der Waals surface area contributed by atoms with E-state index in [-0.39, 0.29) is 54.4 Å². The smallest absolute Gasteiger partial charge is 0.273 e. The maximum atomic E-state index is 15.2. The third-order valence-corrected chi connectivity index (χ3v) is 11.0. The van der Waals surface area contributed by atoms with Crippen LogP contribution in [0.4, 0.5) is 14.6 Å². The van der Waals surface area contributed by atoms with Crippen LogP contribution in [0.25, 0.3) is 11.0 Å². The summed E-state index contributed by atoms with van der Waals surface area (Å²) >= 11 is 0. The maximum Gasteiger partial charge on any atom is 0.273 e. The Morgan fingerprint density at radius 3 is 2.63 bits per heavy atom. The summed E-state index contributed by atoms with van der Waals surface area (Å²) in [6.07, 6.45) is 4.77. The molecule has 13 heteroatoms. The fraction of sp³-hybridized carbons (Fsp3) is 0.545. The predicted molar refractivity (Wildman–Crippen MR) is 171 cm³/mol. The Morgan fingerprint density at radius 2 is 1.96 bits per heavy atom. The summed E-state index contributed by atoms with van der Waals surface area (Å²) in [5.74, 6) is -2.73. The van der Waals surface area contributed by atoms with E-state index in [0.29, 0.717) is 54.5 Å². The van der Waals surface area contributed by atoms with Gasteiger partial charge in [-0.2, -0.15) is 5.26 Å². The normalized spacial score (nSPS) is 18.4. The molecular weight excluding hydrogens is 614 g/mol. The number of carbonyl (C=O) groups is 1. The fourth-order valence-corrected chi connectivity index (χ4v) is 7.78. The number of aryl methyl sites for hydroxylation is 1. The Labute approximate surface area is 267 Å². The molecule has 2 aromatic heterocycles. The number of nitrogens with one attached hydrogen (secondary N) is 2. The largest absolute Gasteiger partial charge is 0.363 e. The zero-order chi connectivity index (χ0) is 33.0. The standard InChI is InChI=1S/C33H40F2N6O4S/c1-23(25-7-6-8-26(17-25)33(34,35)10-9-24-19-37-20-24)40-29-27-18-28(32(21-36)11-15-46(44,45)16-12-32)31(43)41(30(27)39-22-38-29)13-4-2-3-5-14-42/h6-8,14,17-18,22-24,37H,2-5,9-13,15-16,19-20H2,1H3,(H,38,39,40)/t23-/m1/s1. The number of unbranched alkanes of at least 4 members (excludes halogenated alkanes) is 3. The van der Waals surface area contributed by atoms with Gasteiger partial charge in [-0.3, -0.25) is 9.36 Å². The average molecular weight is 655 g/mol. The van der Waals surface area contributed by atoms with E-state index in [1.54, 1.807) is 18.2 Å². The van der Waals surface area contributed by atoms with Crippen LogP contribution in [0, 0.1) is 17.2 Å². The van der Waals surface area contributed by atoms with Crippen molar-refractivity contribution in [2.75, 3.05) is 29.9 Å². The summed E-state index contributed by atoms with van der Waals surface area (Å²) in [6, 6.07) is 9.74. The number of rotatable bonds is 14. The van der Waals surface area contributed by atoms with E-state index in [9.17, 15) is 23.3 Å². The molecule has 0 spiro atoms. The van der Waals surface area contributed by atoms with Crippen molar-refractivity contribution >= 4 is 33.0 Å². The summed E-state index contributed by atoms with van der Waals surface area (Å²) in [5, 5.41) is 17.2. The van der Waals surface area contributed by atoms with Crippen LogP contribution >= 0.6 is 0 Å². The minimum Gasteiger partial charge on any atom is -0.363 e. The van der Waals surface area contributed by atoms with Crippen LogP contribution in [0.1, 0.15) is 81.0 Å². The van der Waals surface area contributed by atoms with Crippen LogP contribution in [0.5, 0.6) is 0 Å². The first-order valence-electron chi connectivity index (χ1n) is 15.9.